The molecule has 0 aliphatic carbocycles. The lowest BCUT2D eigenvalue weighted by Crippen LogP contribution is -2.27. The third-order valence-electron chi connectivity index (χ3n) is 4.09. The zero-order valence-electron chi connectivity index (χ0n) is 16.4. The van der Waals surface area contributed by atoms with Crippen LogP contribution in [-0.4, -0.2) is 23.9 Å². The minimum absolute atomic E-state index is 0.280. The Bertz CT molecular complexity index is 526. The Hall–Kier alpha value is -2.09. The molecule has 1 aliphatic rings. The third-order valence-corrected chi connectivity index (χ3v) is 4.09. The quantitative estimate of drug-likeness (QED) is 0.281. The minimum atomic E-state index is 0.280. The van der Waals surface area contributed by atoms with Crippen LogP contribution in [0.5, 0.6) is 0 Å². The Labute approximate surface area is 160 Å². The van der Waals surface area contributed by atoms with Crippen molar-refractivity contribution in [1.29, 1.82) is 0 Å². The van der Waals surface area contributed by atoms with Crippen molar-refractivity contribution in [2.45, 2.75) is 58.3 Å². The molecule has 0 aromatic carbocycles. The molecule has 0 radical (unpaired) electrons. The molecule has 0 saturated carbocycles. The highest BCUT2D eigenvalue weighted by atomic mass is 16.2. The maximum Gasteiger partial charge on any atom is 0.223 e. The van der Waals surface area contributed by atoms with Crippen LogP contribution in [0.2, 0.25) is 0 Å². The number of allylic oxidation sites excluding steroid dienone is 10. The molecule has 2 heteroatoms. The van der Waals surface area contributed by atoms with Gasteiger partial charge in [0.05, 0.1) is 0 Å². The number of carbonyl (C=O) groups is 1. The van der Waals surface area contributed by atoms with Crippen molar-refractivity contribution in [2.24, 2.45) is 0 Å². The summed E-state index contributed by atoms with van der Waals surface area (Å²) in [4.78, 5) is 13.7. The lowest BCUT2D eigenvalue weighted by Gasteiger charge is -2.14. The van der Waals surface area contributed by atoms with Gasteiger partial charge in [0, 0.05) is 19.5 Å². The summed E-state index contributed by atoms with van der Waals surface area (Å²) in [5.74, 6) is 0.280. The van der Waals surface area contributed by atoms with Crippen LogP contribution in [0.15, 0.2) is 72.9 Å². The van der Waals surface area contributed by atoms with Crippen molar-refractivity contribution in [3.63, 3.8) is 0 Å². The van der Waals surface area contributed by atoms with Gasteiger partial charge in [-0.15, -0.1) is 0 Å². The van der Waals surface area contributed by atoms with Crippen LogP contribution in [0.25, 0.3) is 0 Å². The molecule has 1 rings (SSSR count). The van der Waals surface area contributed by atoms with Gasteiger partial charge in [0.1, 0.15) is 0 Å². The molecule has 26 heavy (non-hydrogen) atoms. The van der Waals surface area contributed by atoms with Gasteiger partial charge in [-0.25, -0.2) is 0 Å². The second-order valence-corrected chi connectivity index (χ2v) is 6.37. The van der Waals surface area contributed by atoms with E-state index in [2.05, 4.69) is 79.8 Å². The number of nitrogens with zero attached hydrogens (tertiary/aromatic N) is 1. The predicted octanol–water partition coefficient (Wildman–Crippen LogP) is 6.31. The molecule has 1 amide bonds. The number of hydrogen-bond acceptors (Lipinski definition) is 1. The van der Waals surface area contributed by atoms with Gasteiger partial charge in [0.2, 0.25) is 5.91 Å². The summed E-state index contributed by atoms with van der Waals surface area (Å²) in [6, 6.07) is 0. The van der Waals surface area contributed by atoms with Crippen molar-refractivity contribution in [2.75, 3.05) is 13.1 Å². The van der Waals surface area contributed by atoms with Crippen molar-refractivity contribution in [3.8, 4) is 0 Å². The van der Waals surface area contributed by atoms with E-state index in [0.29, 0.717) is 6.42 Å². The van der Waals surface area contributed by atoms with E-state index in [4.69, 9.17) is 0 Å². The predicted molar refractivity (Wildman–Crippen MR) is 114 cm³/mol. The molecule has 0 bridgehead atoms. The summed E-state index contributed by atoms with van der Waals surface area (Å²) < 4.78 is 0. The summed E-state index contributed by atoms with van der Waals surface area (Å²) >= 11 is 0. The van der Waals surface area contributed by atoms with Crippen LogP contribution in [-0.2, 0) is 4.79 Å². The molecule has 0 aromatic heterocycles. The third kappa shape index (κ3) is 12.3. The Morgan fingerprint density at radius 2 is 1.23 bits per heavy atom. The van der Waals surface area contributed by atoms with Gasteiger partial charge in [-0.2, -0.15) is 0 Å². The van der Waals surface area contributed by atoms with E-state index in [-0.39, 0.29) is 5.91 Å². The van der Waals surface area contributed by atoms with Gasteiger partial charge >= 0.3 is 0 Å². The molecule has 0 fully saturated rings. The summed E-state index contributed by atoms with van der Waals surface area (Å²) in [5, 5.41) is 0. The molecule has 2 nitrogen and oxygen atoms in total. The fraction of sp³-hybridized carbons (Fsp3) is 0.458. The Morgan fingerprint density at radius 1 is 0.769 bits per heavy atom. The SMILES string of the molecule is CC/C=C\C/C=C\C/C=C\C/C=C\C/C=C\CCCC(=O)N1CC=CC1. The van der Waals surface area contributed by atoms with Crippen molar-refractivity contribution < 1.29 is 4.79 Å². The van der Waals surface area contributed by atoms with E-state index in [9.17, 15) is 4.79 Å². The largest absolute Gasteiger partial charge is 0.335 e. The van der Waals surface area contributed by atoms with Gasteiger partial charge in [0.15, 0.2) is 0 Å². The second kappa shape index (κ2) is 16.4. The molecule has 0 spiro atoms. The molecule has 1 aliphatic heterocycles. The topological polar surface area (TPSA) is 20.3 Å². The smallest absolute Gasteiger partial charge is 0.223 e. The van der Waals surface area contributed by atoms with E-state index in [1.54, 1.807) is 0 Å². The summed E-state index contributed by atoms with van der Waals surface area (Å²) in [6.07, 6.45) is 33.9. The number of unbranched alkanes of at least 4 members (excludes halogenated alkanes) is 1. The first-order valence-corrected chi connectivity index (χ1v) is 10.0. The number of hydrogen-bond donors (Lipinski definition) is 0. The number of rotatable bonds is 13. The number of amides is 1. The van der Waals surface area contributed by atoms with Crippen LogP contribution in [0.1, 0.15) is 58.3 Å². The average molecular weight is 354 g/mol. The molecule has 0 saturated heterocycles. The first-order valence-electron chi connectivity index (χ1n) is 10.0. The monoisotopic (exact) mass is 353 g/mol. The molecule has 0 unspecified atom stereocenters. The summed E-state index contributed by atoms with van der Waals surface area (Å²) in [6.45, 7) is 3.74. The standard InChI is InChI=1S/C24H35NO/c1-2-3-4-5-6-7-8-9-10-11-12-13-14-15-16-17-18-21-24(26)25-22-19-20-23-25/h3-4,6-7,9-10,12-13,15-16,19-20H,2,5,8,11,14,17-18,21-23H2,1H3/b4-3-,7-6-,10-9-,13-12-,16-15-. The highest BCUT2D eigenvalue weighted by molar-refractivity contribution is 5.76. The Balaban J connectivity index is 1.93. The zero-order valence-corrected chi connectivity index (χ0v) is 16.4. The second-order valence-electron chi connectivity index (χ2n) is 6.37. The first-order chi connectivity index (χ1) is 12.8. The van der Waals surface area contributed by atoms with Gasteiger partial charge in [-0.05, 0) is 44.9 Å². The molecule has 0 aromatic rings. The molecule has 0 atom stereocenters. The summed E-state index contributed by atoms with van der Waals surface area (Å²) in [7, 11) is 0. The molecule has 1 heterocycles. The number of carbonyl (C=O) groups excluding carboxylic acids is 1. The molecular formula is C24H35NO. The fourth-order valence-corrected chi connectivity index (χ4v) is 2.58. The van der Waals surface area contributed by atoms with Gasteiger partial charge in [-0.1, -0.05) is 79.8 Å². The Kier molecular flexibility index (Phi) is 13.8. The lowest BCUT2D eigenvalue weighted by atomic mass is 10.2. The zero-order chi connectivity index (χ0) is 18.7. The average Bonchev–Trinajstić information content (AvgIpc) is 3.19. The van der Waals surface area contributed by atoms with Crippen LogP contribution in [0.3, 0.4) is 0 Å². The lowest BCUT2D eigenvalue weighted by molar-refractivity contribution is -0.129. The van der Waals surface area contributed by atoms with Crippen molar-refractivity contribution in [1.82, 2.24) is 4.90 Å². The van der Waals surface area contributed by atoms with E-state index in [0.717, 1.165) is 58.0 Å². The van der Waals surface area contributed by atoms with Crippen LogP contribution < -0.4 is 0 Å². The maximum atomic E-state index is 11.8. The Morgan fingerprint density at radius 3 is 1.73 bits per heavy atom. The van der Waals surface area contributed by atoms with Crippen molar-refractivity contribution in [3.05, 3.63) is 72.9 Å². The molecule has 142 valence electrons. The highest BCUT2D eigenvalue weighted by Gasteiger charge is 2.12. The van der Waals surface area contributed by atoms with Crippen molar-refractivity contribution >= 4 is 5.91 Å². The van der Waals surface area contributed by atoms with Crippen LogP contribution >= 0.6 is 0 Å². The normalized spacial score (nSPS) is 15.2. The van der Waals surface area contributed by atoms with E-state index in [1.165, 1.54) is 0 Å². The van der Waals surface area contributed by atoms with Gasteiger partial charge in [-0.3, -0.25) is 4.79 Å². The molecule has 0 N–H and O–H groups in total. The highest BCUT2D eigenvalue weighted by Crippen LogP contribution is 2.06. The van der Waals surface area contributed by atoms with Crippen LogP contribution in [0, 0.1) is 0 Å². The minimum Gasteiger partial charge on any atom is -0.335 e. The van der Waals surface area contributed by atoms with E-state index < -0.39 is 0 Å². The fourth-order valence-electron chi connectivity index (χ4n) is 2.58. The summed E-state index contributed by atoms with van der Waals surface area (Å²) in [5.41, 5.74) is 0. The van der Waals surface area contributed by atoms with Gasteiger partial charge in [0.25, 0.3) is 0 Å². The van der Waals surface area contributed by atoms with E-state index in [1.807, 2.05) is 4.90 Å². The molecular weight excluding hydrogens is 318 g/mol. The van der Waals surface area contributed by atoms with Gasteiger partial charge < -0.3 is 4.90 Å². The first kappa shape index (κ1) is 22.0. The maximum absolute atomic E-state index is 11.8. The van der Waals surface area contributed by atoms with Crippen LogP contribution in [0.4, 0.5) is 0 Å². The van der Waals surface area contributed by atoms with E-state index >= 15 is 0 Å².